The van der Waals surface area contributed by atoms with Crippen LogP contribution in [0.2, 0.25) is 0 Å². The number of carbonyl (C=O) groups is 1. The Labute approximate surface area is 148 Å². The number of primary amides is 1. The topological polar surface area (TPSA) is 111 Å². The van der Waals surface area contributed by atoms with Gasteiger partial charge in [-0.15, -0.1) is 10.2 Å². The van der Waals surface area contributed by atoms with E-state index >= 15 is 0 Å². The second-order valence-electron chi connectivity index (χ2n) is 5.60. The number of rotatable bonds is 5. The van der Waals surface area contributed by atoms with Crippen molar-refractivity contribution in [2.75, 3.05) is 5.32 Å². The first-order chi connectivity index (χ1) is 12.7. The maximum atomic E-state index is 11.5. The third kappa shape index (κ3) is 2.95. The number of hydrogen-bond acceptors (Lipinski definition) is 6. The van der Waals surface area contributed by atoms with Gasteiger partial charge in [0.1, 0.15) is 5.82 Å². The summed E-state index contributed by atoms with van der Waals surface area (Å²) in [5.74, 6) is 0.173. The van der Waals surface area contributed by atoms with Crippen molar-refractivity contribution in [3.63, 3.8) is 0 Å². The fourth-order valence-corrected chi connectivity index (χ4v) is 2.65. The predicted molar refractivity (Wildman–Crippen MR) is 95.1 cm³/mol. The van der Waals surface area contributed by atoms with Gasteiger partial charge in [0, 0.05) is 18.3 Å². The number of fused-ring (bicyclic) bond motifs is 1. The van der Waals surface area contributed by atoms with Crippen LogP contribution in [0.3, 0.4) is 0 Å². The van der Waals surface area contributed by atoms with Crippen molar-refractivity contribution in [2.45, 2.75) is 6.54 Å². The number of pyridine rings is 1. The lowest BCUT2D eigenvalue weighted by atomic mass is 10.1. The number of nitrogens with one attached hydrogen (secondary N) is 1. The zero-order valence-corrected chi connectivity index (χ0v) is 13.6. The third-order valence-electron chi connectivity index (χ3n) is 3.94. The van der Waals surface area contributed by atoms with Crippen molar-refractivity contribution in [1.82, 2.24) is 24.8 Å². The zero-order chi connectivity index (χ0) is 17.9. The average Bonchev–Trinajstić information content (AvgIpc) is 3.16. The molecule has 0 bridgehead atoms. The molecule has 0 aliphatic carbocycles. The molecule has 26 heavy (non-hydrogen) atoms. The number of anilines is 1. The maximum Gasteiger partial charge on any atom is 0.252 e. The van der Waals surface area contributed by atoms with Gasteiger partial charge in [-0.1, -0.05) is 24.3 Å². The fourth-order valence-electron chi connectivity index (χ4n) is 2.65. The first-order valence-corrected chi connectivity index (χ1v) is 7.89. The van der Waals surface area contributed by atoms with Gasteiger partial charge in [-0.2, -0.15) is 5.10 Å². The number of hydrogen-bond donors (Lipinski definition) is 2. The molecule has 8 nitrogen and oxygen atoms in total. The summed E-state index contributed by atoms with van der Waals surface area (Å²) in [4.78, 5) is 15.5. The molecule has 127 valence electrons. The van der Waals surface area contributed by atoms with E-state index in [1.807, 2.05) is 36.4 Å². The van der Waals surface area contributed by atoms with Crippen LogP contribution < -0.4 is 11.1 Å². The monoisotopic (exact) mass is 344 g/mol. The number of carbonyl (C=O) groups excluding carboxylic acids is 1. The van der Waals surface area contributed by atoms with Crippen LogP contribution in [0.1, 0.15) is 15.9 Å². The molecule has 1 amide bonds. The highest BCUT2D eigenvalue weighted by molar-refractivity contribution is 5.99. The molecule has 4 aromatic rings. The molecule has 0 saturated heterocycles. The smallest absolute Gasteiger partial charge is 0.252 e. The molecule has 0 unspecified atom stereocenters. The molecule has 1 aromatic carbocycles. The minimum absolute atomic E-state index is 0.312. The van der Waals surface area contributed by atoms with Crippen molar-refractivity contribution in [3.8, 4) is 11.3 Å². The first kappa shape index (κ1) is 15.7. The minimum atomic E-state index is -0.548. The largest absolute Gasteiger partial charge is 0.365 e. The molecule has 3 heterocycles. The van der Waals surface area contributed by atoms with Gasteiger partial charge in [0.15, 0.2) is 5.65 Å². The van der Waals surface area contributed by atoms with Crippen LogP contribution in [0, 0.1) is 6.33 Å². The van der Waals surface area contributed by atoms with Crippen LogP contribution in [0.25, 0.3) is 16.9 Å². The van der Waals surface area contributed by atoms with E-state index in [9.17, 15) is 4.79 Å². The summed E-state index contributed by atoms with van der Waals surface area (Å²) in [6.45, 7) is 0.631. The highest BCUT2D eigenvalue weighted by Gasteiger charge is 2.13. The minimum Gasteiger partial charge on any atom is -0.365 e. The van der Waals surface area contributed by atoms with Crippen molar-refractivity contribution in [1.29, 1.82) is 0 Å². The lowest BCUT2D eigenvalue weighted by Gasteiger charge is -2.08. The Bertz CT molecular complexity index is 1060. The number of aromatic nitrogens is 5. The Morgan fingerprint density at radius 1 is 1.15 bits per heavy atom. The molecule has 0 saturated carbocycles. The molecule has 0 aliphatic rings. The number of nitrogens with zero attached hydrogens (tertiary/aromatic N) is 5. The van der Waals surface area contributed by atoms with E-state index in [2.05, 4.69) is 31.9 Å². The lowest BCUT2D eigenvalue weighted by molar-refractivity contribution is 0.100. The molecular weight excluding hydrogens is 330 g/mol. The molecule has 1 radical (unpaired) electrons. The summed E-state index contributed by atoms with van der Waals surface area (Å²) >= 11 is 0. The molecule has 3 N–H and O–H groups in total. The molecule has 0 spiro atoms. The van der Waals surface area contributed by atoms with Gasteiger partial charge in [0.2, 0.25) is 6.33 Å². The van der Waals surface area contributed by atoms with E-state index in [0.717, 1.165) is 22.6 Å². The highest BCUT2D eigenvalue weighted by atomic mass is 16.1. The van der Waals surface area contributed by atoms with Crippen LogP contribution >= 0.6 is 0 Å². The molecule has 4 rings (SSSR count). The zero-order valence-electron chi connectivity index (χ0n) is 13.6. The first-order valence-electron chi connectivity index (χ1n) is 7.89. The standard InChI is InChI=1S/C18H14N7O/c19-17(26)14-7-8-15(25-18(14)21-11-23-25)13-5-3-12(4-6-13)10-20-16-2-1-9-22-24-16/h1-9H,10H2,(H2,19,26)(H,20,24). The number of nitrogens with two attached hydrogens (primary N) is 1. The molecule has 0 fully saturated rings. The average molecular weight is 344 g/mol. The van der Waals surface area contributed by atoms with Crippen LogP contribution in [-0.2, 0) is 6.54 Å². The Morgan fingerprint density at radius 3 is 2.73 bits per heavy atom. The Kier molecular flexibility index (Phi) is 3.98. The van der Waals surface area contributed by atoms with Gasteiger partial charge in [-0.3, -0.25) is 4.79 Å². The second-order valence-corrected chi connectivity index (χ2v) is 5.60. The van der Waals surface area contributed by atoms with Crippen molar-refractivity contribution in [3.05, 3.63) is 72.2 Å². The third-order valence-corrected chi connectivity index (χ3v) is 3.94. The van der Waals surface area contributed by atoms with Crippen molar-refractivity contribution < 1.29 is 4.79 Å². The van der Waals surface area contributed by atoms with E-state index in [4.69, 9.17) is 5.73 Å². The van der Waals surface area contributed by atoms with Gasteiger partial charge in [0.05, 0.1) is 11.3 Å². The second kappa shape index (κ2) is 6.60. The Morgan fingerprint density at radius 2 is 2.00 bits per heavy atom. The number of benzene rings is 1. The summed E-state index contributed by atoms with van der Waals surface area (Å²) in [5.41, 5.74) is 8.91. The molecule has 0 aliphatic heterocycles. The Balaban J connectivity index is 1.59. The van der Waals surface area contributed by atoms with E-state index in [0.29, 0.717) is 17.8 Å². The lowest BCUT2D eigenvalue weighted by Crippen LogP contribution is -2.13. The summed E-state index contributed by atoms with van der Waals surface area (Å²) in [6, 6.07) is 15.1. The van der Waals surface area contributed by atoms with Crippen LogP contribution in [0.5, 0.6) is 0 Å². The molecular formula is C18H14N7O. The summed E-state index contributed by atoms with van der Waals surface area (Å²) in [7, 11) is 0. The quantitative estimate of drug-likeness (QED) is 0.570. The summed E-state index contributed by atoms with van der Waals surface area (Å²) in [6.07, 6.45) is 4.16. The van der Waals surface area contributed by atoms with Gasteiger partial charge in [0.25, 0.3) is 5.91 Å². The molecule has 8 heteroatoms. The summed E-state index contributed by atoms with van der Waals surface area (Å²) in [5, 5.41) is 15.1. The highest BCUT2D eigenvalue weighted by Crippen LogP contribution is 2.22. The van der Waals surface area contributed by atoms with Crippen LogP contribution in [0.4, 0.5) is 5.82 Å². The SMILES string of the molecule is NC(=O)c1ccc(-c2ccc(CNc3cccnn3)cc2)n2n[c]nc12. The molecule has 0 atom stereocenters. The van der Waals surface area contributed by atoms with E-state index in [1.54, 1.807) is 22.8 Å². The Hall–Kier alpha value is -3.81. The van der Waals surface area contributed by atoms with Crippen molar-refractivity contribution in [2.24, 2.45) is 5.73 Å². The normalized spacial score (nSPS) is 10.8. The van der Waals surface area contributed by atoms with E-state index in [-0.39, 0.29) is 0 Å². The number of amides is 1. The predicted octanol–water partition coefficient (Wildman–Crippen LogP) is 1.70. The van der Waals surface area contributed by atoms with Gasteiger partial charge >= 0.3 is 0 Å². The van der Waals surface area contributed by atoms with E-state index in [1.165, 1.54) is 0 Å². The molecule has 3 aromatic heterocycles. The van der Waals surface area contributed by atoms with Gasteiger partial charge in [-0.25, -0.2) is 9.50 Å². The maximum absolute atomic E-state index is 11.5. The summed E-state index contributed by atoms with van der Waals surface area (Å²) < 4.78 is 1.56. The van der Waals surface area contributed by atoms with Crippen LogP contribution in [-0.4, -0.2) is 30.7 Å². The van der Waals surface area contributed by atoms with Gasteiger partial charge < -0.3 is 11.1 Å². The van der Waals surface area contributed by atoms with Gasteiger partial charge in [-0.05, 0) is 29.8 Å². The van der Waals surface area contributed by atoms with E-state index < -0.39 is 5.91 Å². The van der Waals surface area contributed by atoms with Crippen molar-refractivity contribution >= 4 is 17.4 Å². The fraction of sp³-hybridized carbons (Fsp3) is 0.0556. The van der Waals surface area contributed by atoms with Crippen LogP contribution in [0.15, 0.2) is 54.7 Å².